The number of hydrogen-bond acceptors (Lipinski definition) is 3. The molecule has 1 aliphatic heterocycles. The van der Waals surface area contributed by atoms with Crippen molar-refractivity contribution >= 4 is 5.91 Å². The van der Waals surface area contributed by atoms with E-state index in [4.69, 9.17) is 5.73 Å². The van der Waals surface area contributed by atoms with Crippen LogP contribution in [0.25, 0.3) is 0 Å². The maximum atomic E-state index is 12.6. The van der Waals surface area contributed by atoms with E-state index >= 15 is 0 Å². The van der Waals surface area contributed by atoms with Crippen molar-refractivity contribution in [1.29, 1.82) is 0 Å². The Morgan fingerprint density at radius 2 is 2.05 bits per heavy atom. The van der Waals surface area contributed by atoms with Gasteiger partial charge in [0.25, 0.3) is 0 Å². The maximum Gasteiger partial charge on any atom is 0.226 e. The zero-order valence-electron chi connectivity index (χ0n) is 11.2. The van der Waals surface area contributed by atoms with E-state index in [1.54, 1.807) is 0 Å². The second-order valence-corrected chi connectivity index (χ2v) is 5.74. The van der Waals surface area contributed by atoms with E-state index in [0.717, 1.165) is 38.6 Å². The van der Waals surface area contributed by atoms with Gasteiger partial charge in [0.05, 0.1) is 6.04 Å². The van der Waals surface area contributed by atoms with Gasteiger partial charge in [0, 0.05) is 30.9 Å². The van der Waals surface area contributed by atoms with Crippen molar-refractivity contribution in [1.82, 2.24) is 9.88 Å². The number of likely N-dealkylation sites (tertiary alicyclic amines) is 1. The molecule has 3 unspecified atom stereocenters. The van der Waals surface area contributed by atoms with E-state index in [0.29, 0.717) is 5.91 Å². The highest BCUT2D eigenvalue weighted by atomic mass is 16.2. The highest BCUT2D eigenvalue weighted by molar-refractivity contribution is 5.80. The van der Waals surface area contributed by atoms with Crippen LogP contribution in [0.5, 0.6) is 0 Å². The molecule has 0 aromatic carbocycles. The van der Waals surface area contributed by atoms with Crippen LogP contribution in [0.4, 0.5) is 0 Å². The van der Waals surface area contributed by atoms with Gasteiger partial charge in [0.15, 0.2) is 0 Å². The Morgan fingerprint density at radius 1 is 1.26 bits per heavy atom. The SMILES string of the molecule is NC1CCC(C(=O)N2CCCC2c2ccncc2)C1. The molecular weight excluding hydrogens is 238 g/mol. The fourth-order valence-corrected chi connectivity index (χ4v) is 3.44. The number of hydrogen-bond donors (Lipinski definition) is 1. The minimum absolute atomic E-state index is 0.150. The molecule has 2 heterocycles. The van der Waals surface area contributed by atoms with Crippen molar-refractivity contribution < 1.29 is 4.79 Å². The molecule has 1 saturated carbocycles. The molecule has 0 radical (unpaired) electrons. The highest BCUT2D eigenvalue weighted by Crippen LogP contribution is 2.35. The van der Waals surface area contributed by atoms with Gasteiger partial charge in [-0.15, -0.1) is 0 Å². The van der Waals surface area contributed by atoms with Crippen molar-refractivity contribution in [3.05, 3.63) is 30.1 Å². The molecule has 3 rings (SSSR count). The first kappa shape index (κ1) is 12.6. The summed E-state index contributed by atoms with van der Waals surface area (Å²) in [5.41, 5.74) is 7.14. The summed E-state index contributed by atoms with van der Waals surface area (Å²) in [7, 11) is 0. The van der Waals surface area contributed by atoms with Crippen LogP contribution in [0.2, 0.25) is 0 Å². The molecule has 1 aromatic heterocycles. The van der Waals surface area contributed by atoms with Crippen LogP contribution in [-0.4, -0.2) is 28.4 Å². The molecule has 3 atom stereocenters. The molecule has 2 N–H and O–H groups in total. The third-order valence-corrected chi connectivity index (χ3v) is 4.45. The van der Waals surface area contributed by atoms with Gasteiger partial charge in [0.2, 0.25) is 5.91 Å². The van der Waals surface area contributed by atoms with E-state index in [1.165, 1.54) is 5.56 Å². The first-order chi connectivity index (χ1) is 9.25. The van der Waals surface area contributed by atoms with Gasteiger partial charge in [0.1, 0.15) is 0 Å². The van der Waals surface area contributed by atoms with Crippen molar-refractivity contribution in [2.75, 3.05) is 6.54 Å². The molecule has 4 nitrogen and oxygen atoms in total. The molecule has 4 heteroatoms. The molecule has 1 aromatic rings. The topological polar surface area (TPSA) is 59.2 Å². The van der Waals surface area contributed by atoms with Gasteiger partial charge in [-0.2, -0.15) is 0 Å². The number of pyridine rings is 1. The standard InChI is InChI=1S/C15H21N3O/c16-13-4-3-12(10-13)15(19)18-9-1-2-14(18)11-5-7-17-8-6-11/h5-8,12-14H,1-4,9-10,16H2. The predicted molar refractivity (Wildman–Crippen MR) is 73.2 cm³/mol. The molecule has 102 valence electrons. The molecule has 1 aliphatic carbocycles. The van der Waals surface area contributed by atoms with Gasteiger partial charge in [-0.1, -0.05) is 0 Å². The number of amides is 1. The van der Waals surface area contributed by atoms with E-state index in [1.807, 2.05) is 24.5 Å². The van der Waals surface area contributed by atoms with Crippen molar-refractivity contribution in [3.63, 3.8) is 0 Å². The molecular formula is C15H21N3O. The fraction of sp³-hybridized carbons (Fsp3) is 0.600. The van der Waals surface area contributed by atoms with E-state index < -0.39 is 0 Å². The van der Waals surface area contributed by atoms with Crippen LogP contribution in [0.15, 0.2) is 24.5 Å². The predicted octanol–water partition coefficient (Wildman–Crippen LogP) is 1.87. The van der Waals surface area contributed by atoms with E-state index in [9.17, 15) is 4.79 Å². The lowest BCUT2D eigenvalue weighted by Gasteiger charge is -2.27. The lowest BCUT2D eigenvalue weighted by molar-refractivity contribution is -0.136. The summed E-state index contributed by atoms with van der Waals surface area (Å²) >= 11 is 0. The Labute approximate surface area is 114 Å². The number of aromatic nitrogens is 1. The summed E-state index contributed by atoms with van der Waals surface area (Å²) in [4.78, 5) is 18.8. The zero-order valence-corrected chi connectivity index (χ0v) is 11.2. The molecule has 1 amide bonds. The molecule has 0 spiro atoms. The van der Waals surface area contributed by atoms with Crippen LogP contribution in [-0.2, 0) is 4.79 Å². The van der Waals surface area contributed by atoms with Gasteiger partial charge in [-0.05, 0) is 49.8 Å². The fourth-order valence-electron chi connectivity index (χ4n) is 3.44. The second kappa shape index (κ2) is 5.29. The lowest BCUT2D eigenvalue weighted by Crippen LogP contribution is -2.35. The smallest absolute Gasteiger partial charge is 0.226 e. The van der Waals surface area contributed by atoms with E-state index in [2.05, 4.69) is 9.88 Å². The summed E-state index contributed by atoms with van der Waals surface area (Å²) in [5.74, 6) is 0.463. The van der Waals surface area contributed by atoms with E-state index in [-0.39, 0.29) is 18.0 Å². The average Bonchev–Trinajstić information content (AvgIpc) is 3.07. The van der Waals surface area contributed by atoms with Crippen molar-refractivity contribution in [2.45, 2.75) is 44.2 Å². The number of carbonyl (C=O) groups is 1. The summed E-state index contributed by atoms with van der Waals surface area (Å²) in [6.45, 7) is 0.886. The van der Waals surface area contributed by atoms with Crippen molar-refractivity contribution in [3.8, 4) is 0 Å². The van der Waals surface area contributed by atoms with Gasteiger partial charge < -0.3 is 10.6 Å². The lowest BCUT2D eigenvalue weighted by atomic mass is 10.0. The van der Waals surface area contributed by atoms with Gasteiger partial charge in [-0.3, -0.25) is 9.78 Å². The number of nitrogens with two attached hydrogens (primary N) is 1. The summed E-state index contributed by atoms with van der Waals surface area (Å²) in [6.07, 6.45) is 8.58. The van der Waals surface area contributed by atoms with Gasteiger partial charge >= 0.3 is 0 Å². The van der Waals surface area contributed by atoms with Crippen molar-refractivity contribution in [2.24, 2.45) is 11.7 Å². The Morgan fingerprint density at radius 3 is 2.74 bits per heavy atom. The molecule has 0 bridgehead atoms. The normalized spacial score (nSPS) is 30.8. The third-order valence-electron chi connectivity index (χ3n) is 4.45. The van der Waals surface area contributed by atoms with Crippen LogP contribution >= 0.6 is 0 Å². The number of carbonyl (C=O) groups excluding carboxylic acids is 1. The van der Waals surface area contributed by atoms with Crippen LogP contribution in [0.1, 0.15) is 43.7 Å². The number of rotatable bonds is 2. The summed E-state index contributed by atoms with van der Waals surface area (Å²) in [6, 6.07) is 4.51. The quantitative estimate of drug-likeness (QED) is 0.882. The summed E-state index contributed by atoms with van der Waals surface area (Å²) in [5, 5.41) is 0. The zero-order chi connectivity index (χ0) is 13.2. The first-order valence-corrected chi connectivity index (χ1v) is 7.21. The largest absolute Gasteiger partial charge is 0.335 e. The van der Waals surface area contributed by atoms with Crippen LogP contribution in [0.3, 0.4) is 0 Å². The summed E-state index contributed by atoms with van der Waals surface area (Å²) < 4.78 is 0. The molecule has 2 aliphatic rings. The monoisotopic (exact) mass is 259 g/mol. The molecule has 1 saturated heterocycles. The maximum absolute atomic E-state index is 12.6. The van der Waals surface area contributed by atoms with Gasteiger partial charge in [-0.25, -0.2) is 0 Å². The highest BCUT2D eigenvalue weighted by Gasteiger charge is 2.36. The third kappa shape index (κ3) is 2.50. The minimum atomic E-state index is 0.150. The Kier molecular flexibility index (Phi) is 3.51. The molecule has 19 heavy (non-hydrogen) atoms. The van der Waals surface area contributed by atoms with Crippen LogP contribution < -0.4 is 5.73 Å². The first-order valence-electron chi connectivity index (χ1n) is 7.21. The van der Waals surface area contributed by atoms with Crippen LogP contribution in [0, 0.1) is 5.92 Å². The Bertz CT molecular complexity index is 448. The number of nitrogens with zero attached hydrogens (tertiary/aromatic N) is 2. The average molecular weight is 259 g/mol. The minimum Gasteiger partial charge on any atom is -0.335 e. The Hall–Kier alpha value is -1.42. The second-order valence-electron chi connectivity index (χ2n) is 5.74. The molecule has 2 fully saturated rings. The Balaban J connectivity index is 1.74.